The summed E-state index contributed by atoms with van der Waals surface area (Å²) < 4.78 is 17.2. The third kappa shape index (κ3) is 5.94. The lowest BCUT2D eigenvalue weighted by atomic mass is 9.91. The zero-order valence-corrected chi connectivity index (χ0v) is 31.1. The van der Waals surface area contributed by atoms with Crippen molar-refractivity contribution in [3.63, 3.8) is 0 Å². The van der Waals surface area contributed by atoms with Crippen molar-refractivity contribution in [2.45, 2.75) is 44.7 Å². The van der Waals surface area contributed by atoms with Crippen molar-refractivity contribution < 1.29 is 28.9 Å². The van der Waals surface area contributed by atoms with Crippen LogP contribution in [0, 0.1) is 11.8 Å². The average molecular weight is 742 g/mol. The van der Waals surface area contributed by atoms with Gasteiger partial charge in [-0.3, -0.25) is 19.4 Å². The molecule has 0 spiro atoms. The topological polar surface area (TPSA) is 88.5 Å². The highest BCUT2D eigenvalue weighted by Crippen LogP contribution is 2.50. The molecule has 8 rings (SSSR count). The Labute approximate surface area is 314 Å². The molecule has 52 heavy (non-hydrogen) atoms. The summed E-state index contributed by atoms with van der Waals surface area (Å²) in [6.45, 7) is 4.78. The Morgan fingerprint density at radius 1 is 0.712 bits per heavy atom. The lowest BCUT2D eigenvalue weighted by Gasteiger charge is -2.42. The third-order valence-corrected chi connectivity index (χ3v) is 12.3. The lowest BCUT2D eigenvalue weighted by molar-refractivity contribution is -0.155. The van der Waals surface area contributed by atoms with E-state index in [0.717, 1.165) is 76.1 Å². The number of carboxylic acids is 1. The van der Waals surface area contributed by atoms with Gasteiger partial charge in [-0.15, -0.1) is 0 Å². The van der Waals surface area contributed by atoms with Gasteiger partial charge in [-0.2, -0.15) is 0 Å². The lowest BCUT2D eigenvalue weighted by Crippen LogP contribution is -2.51. The number of rotatable bonds is 10. The van der Waals surface area contributed by atoms with Crippen LogP contribution in [0.4, 0.5) is 0 Å². The number of likely N-dealkylation sites (tertiary alicyclic amines) is 2. The molecule has 4 aromatic rings. The van der Waals surface area contributed by atoms with E-state index in [4.69, 9.17) is 37.4 Å². The number of carbonyl (C=O) groups is 2. The van der Waals surface area contributed by atoms with E-state index >= 15 is 0 Å². The summed E-state index contributed by atoms with van der Waals surface area (Å²) in [6.07, 6.45) is 3.71. The molecule has 4 aromatic carbocycles. The maximum Gasteiger partial charge on any atom is 0.311 e. The number of carboxylic acid groups (broad SMARTS) is 1. The number of methoxy groups -OCH3 is 2. The van der Waals surface area contributed by atoms with Crippen molar-refractivity contribution in [1.82, 2.24) is 9.80 Å². The van der Waals surface area contributed by atoms with Crippen molar-refractivity contribution in [3.8, 4) is 44.9 Å². The van der Waals surface area contributed by atoms with Gasteiger partial charge in [0.05, 0.1) is 42.7 Å². The molecular formula is C42H42Cl2N2O6. The number of carbonyl (C=O) groups excluding carboxylic acids is 1. The summed E-state index contributed by atoms with van der Waals surface area (Å²) in [6, 6.07) is 21.0. The predicted octanol–water partition coefficient (Wildman–Crippen LogP) is 8.50. The van der Waals surface area contributed by atoms with Crippen molar-refractivity contribution >= 4 is 35.1 Å². The van der Waals surface area contributed by atoms with Crippen LogP contribution in [-0.2, 0) is 27.2 Å². The molecule has 10 heteroatoms. The van der Waals surface area contributed by atoms with E-state index in [1.807, 2.05) is 43.3 Å². The number of esters is 1. The zero-order valence-electron chi connectivity index (χ0n) is 29.6. The molecule has 270 valence electrons. The van der Waals surface area contributed by atoms with Gasteiger partial charge in [-0.1, -0.05) is 71.7 Å². The summed E-state index contributed by atoms with van der Waals surface area (Å²) >= 11 is 14.6. The van der Waals surface area contributed by atoms with Crippen molar-refractivity contribution in [3.05, 3.63) is 93.0 Å². The summed E-state index contributed by atoms with van der Waals surface area (Å²) in [4.78, 5) is 28.3. The molecule has 0 bridgehead atoms. The highest BCUT2D eigenvalue weighted by Gasteiger charge is 2.43. The fraction of sp³-hybridized carbons (Fsp3) is 0.381. The second kappa shape index (κ2) is 14.0. The number of fused-ring (bicyclic) bond motifs is 2. The molecule has 2 saturated heterocycles. The normalized spacial score (nSPS) is 20.2. The monoisotopic (exact) mass is 740 g/mol. The van der Waals surface area contributed by atoms with Gasteiger partial charge in [-0.05, 0) is 67.0 Å². The first-order chi connectivity index (χ1) is 25.2. The van der Waals surface area contributed by atoms with Crippen LogP contribution < -0.4 is 9.47 Å². The van der Waals surface area contributed by atoms with Crippen LogP contribution in [0.5, 0.6) is 11.5 Å². The summed E-state index contributed by atoms with van der Waals surface area (Å²) in [7, 11) is 3.40. The van der Waals surface area contributed by atoms with Crippen LogP contribution in [-0.4, -0.2) is 73.9 Å². The number of halogens is 2. The molecule has 2 atom stereocenters. The molecular weight excluding hydrogens is 699 g/mol. The Kier molecular flexibility index (Phi) is 9.45. The second-order valence-corrected chi connectivity index (χ2v) is 15.1. The van der Waals surface area contributed by atoms with Gasteiger partial charge in [-0.25, -0.2) is 0 Å². The Morgan fingerprint density at radius 3 is 1.58 bits per heavy atom. The van der Waals surface area contributed by atoms with Gasteiger partial charge in [0.15, 0.2) is 0 Å². The third-order valence-electron chi connectivity index (χ3n) is 11.5. The van der Waals surface area contributed by atoms with Crippen molar-refractivity contribution in [2.24, 2.45) is 11.8 Å². The van der Waals surface area contributed by atoms with E-state index in [1.54, 1.807) is 14.2 Å². The maximum atomic E-state index is 12.2. The quantitative estimate of drug-likeness (QED) is 0.162. The fourth-order valence-corrected chi connectivity index (χ4v) is 9.49. The number of benzene rings is 4. The highest BCUT2D eigenvalue weighted by atomic mass is 35.5. The minimum atomic E-state index is -0.729. The van der Waals surface area contributed by atoms with E-state index in [1.165, 1.54) is 16.7 Å². The molecule has 4 aliphatic rings. The first-order valence-corrected chi connectivity index (χ1v) is 18.8. The average Bonchev–Trinajstić information content (AvgIpc) is 3.71. The zero-order chi connectivity index (χ0) is 36.3. The van der Waals surface area contributed by atoms with Gasteiger partial charge in [0.25, 0.3) is 0 Å². The SMILES string of the molecule is CCOC(=O)C1CN([C@H]2CCc3cc(-c4cccc(-c5cccc(-c6cc7c(c(OC)c6)[C@@H](N6CC(C(=O)O)C6)CC7)c5Cl)c4Cl)cc(OC)c32)C1. The Morgan fingerprint density at radius 2 is 1.15 bits per heavy atom. The molecule has 2 heterocycles. The predicted molar refractivity (Wildman–Crippen MR) is 202 cm³/mol. The number of hydrogen-bond donors (Lipinski definition) is 1. The standard InChI is InChI=1S/C42H42Cl2N2O6/c1-4-52-42(49)28-21-46(22-28)34-14-12-24-16-26(18-36(51-3)38(24)34)30-8-6-10-32(40(30)44)31-9-5-7-29(39(31)43)25-15-23-11-13-33(37(23)35(17-25)50-2)45-19-27(20-45)41(47)48/h5-10,15-18,27-28,33-34H,4,11-14,19-22H2,1-3H3,(H,47,48)/t33-,34-/m0/s1. The molecule has 0 saturated carbocycles. The largest absolute Gasteiger partial charge is 0.496 e. The van der Waals surface area contributed by atoms with Gasteiger partial charge < -0.3 is 19.3 Å². The molecule has 1 N–H and O–H groups in total. The molecule has 0 unspecified atom stereocenters. The molecule has 0 aromatic heterocycles. The Bertz CT molecular complexity index is 2070. The minimum Gasteiger partial charge on any atom is -0.496 e. The Balaban J connectivity index is 1.08. The summed E-state index contributed by atoms with van der Waals surface area (Å²) in [5.74, 6) is 0.426. The van der Waals surface area contributed by atoms with Crippen LogP contribution in [0.25, 0.3) is 33.4 Å². The molecule has 2 fully saturated rings. The summed E-state index contributed by atoms with van der Waals surface area (Å²) in [5.41, 5.74) is 10.2. The van der Waals surface area contributed by atoms with Gasteiger partial charge in [0.1, 0.15) is 11.5 Å². The highest BCUT2D eigenvalue weighted by molar-refractivity contribution is 6.39. The first-order valence-electron chi connectivity index (χ1n) is 18.1. The van der Waals surface area contributed by atoms with Crippen molar-refractivity contribution in [2.75, 3.05) is 47.0 Å². The first kappa shape index (κ1) is 35.0. The smallest absolute Gasteiger partial charge is 0.311 e. The van der Waals surface area contributed by atoms with E-state index in [0.29, 0.717) is 42.8 Å². The molecule has 2 aliphatic carbocycles. The molecule has 0 radical (unpaired) electrons. The number of ether oxygens (including phenoxy) is 3. The van der Waals surface area contributed by atoms with Gasteiger partial charge in [0, 0.05) is 71.6 Å². The van der Waals surface area contributed by atoms with Crippen LogP contribution >= 0.6 is 23.2 Å². The van der Waals surface area contributed by atoms with E-state index < -0.39 is 5.97 Å². The van der Waals surface area contributed by atoms with E-state index in [-0.39, 0.29) is 29.9 Å². The van der Waals surface area contributed by atoms with Gasteiger partial charge in [0.2, 0.25) is 0 Å². The number of aliphatic carboxylic acids is 1. The van der Waals surface area contributed by atoms with E-state index in [9.17, 15) is 14.7 Å². The second-order valence-electron chi connectivity index (χ2n) is 14.3. The van der Waals surface area contributed by atoms with Crippen LogP contribution in [0.1, 0.15) is 54.1 Å². The number of nitrogens with zero attached hydrogens (tertiary/aromatic N) is 2. The van der Waals surface area contributed by atoms with Crippen LogP contribution in [0.15, 0.2) is 60.7 Å². The number of hydrogen-bond acceptors (Lipinski definition) is 7. The molecule has 0 amide bonds. The van der Waals surface area contributed by atoms with Crippen molar-refractivity contribution in [1.29, 1.82) is 0 Å². The van der Waals surface area contributed by atoms with E-state index in [2.05, 4.69) is 34.1 Å². The number of aryl methyl sites for hydroxylation is 2. The Hall–Kier alpha value is -4.08. The minimum absolute atomic E-state index is 0.0660. The summed E-state index contributed by atoms with van der Waals surface area (Å²) in [5, 5.41) is 10.6. The van der Waals surface area contributed by atoms with Crippen LogP contribution in [0.3, 0.4) is 0 Å². The maximum absolute atomic E-state index is 12.2. The molecule has 8 nitrogen and oxygen atoms in total. The van der Waals surface area contributed by atoms with Crippen LogP contribution in [0.2, 0.25) is 10.0 Å². The fourth-order valence-electron chi connectivity index (χ4n) is 8.82. The molecule has 2 aliphatic heterocycles. The van der Waals surface area contributed by atoms with Gasteiger partial charge >= 0.3 is 11.9 Å².